The second-order valence-electron chi connectivity index (χ2n) is 4.45. The molecular weight excluding hydrogens is 190 g/mol. The lowest BCUT2D eigenvalue weighted by Crippen LogP contribution is -2.52. The van der Waals surface area contributed by atoms with E-state index in [4.69, 9.17) is 0 Å². The van der Waals surface area contributed by atoms with Crippen molar-refractivity contribution in [3.8, 4) is 0 Å². The van der Waals surface area contributed by atoms with Gasteiger partial charge in [0.2, 0.25) is 10.0 Å². The maximum absolute atomic E-state index is 11.6. The highest BCUT2D eigenvalue weighted by Gasteiger charge is 2.58. The van der Waals surface area contributed by atoms with E-state index in [2.05, 4.69) is 4.72 Å². The molecule has 1 saturated heterocycles. The van der Waals surface area contributed by atoms with Crippen LogP contribution in [0, 0.1) is 11.8 Å². The summed E-state index contributed by atoms with van der Waals surface area (Å²) in [5.74, 6) is 0.384. The van der Waals surface area contributed by atoms with Gasteiger partial charge in [-0.15, -0.1) is 0 Å². The summed E-state index contributed by atoms with van der Waals surface area (Å²) in [5.41, 5.74) is 0. The molecule has 0 aromatic heterocycles. The second kappa shape index (κ2) is 2.27. The molecule has 0 amide bonds. The quantitative estimate of drug-likeness (QED) is 0.555. The summed E-state index contributed by atoms with van der Waals surface area (Å²) in [4.78, 5) is 0. The maximum Gasteiger partial charge on any atom is 0.215 e. The minimum Gasteiger partial charge on any atom is -0.391 e. The largest absolute Gasteiger partial charge is 0.391 e. The van der Waals surface area contributed by atoms with E-state index in [0.717, 1.165) is 12.8 Å². The van der Waals surface area contributed by atoms with E-state index < -0.39 is 16.1 Å². The summed E-state index contributed by atoms with van der Waals surface area (Å²) in [6.45, 7) is 0. The van der Waals surface area contributed by atoms with Gasteiger partial charge in [0, 0.05) is 0 Å². The Morgan fingerprint density at radius 2 is 2.08 bits per heavy atom. The molecule has 0 spiro atoms. The van der Waals surface area contributed by atoms with E-state index in [1.165, 1.54) is 0 Å². The van der Waals surface area contributed by atoms with Crippen LogP contribution in [0.3, 0.4) is 0 Å². The summed E-state index contributed by atoms with van der Waals surface area (Å²) >= 11 is 0. The summed E-state index contributed by atoms with van der Waals surface area (Å²) in [7, 11) is -3.10. The molecular formula is C8H13NO3S. The van der Waals surface area contributed by atoms with Crippen LogP contribution >= 0.6 is 0 Å². The first-order chi connectivity index (χ1) is 6.09. The fourth-order valence-corrected chi connectivity index (χ4v) is 5.38. The van der Waals surface area contributed by atoms with E-state index in [1.807, 2.05) is 0 Å². The van der Waals surface area contributed by atoms with E-state index in [0.29, 0.717) is 6.42 Å². The van der Waals surface area contributed by atoms with Crippen molar-refractivity contribution < 1.29 is 13.5 Å². The highest BCUT2D eigenvalue weighted by Crippen LogP contribution is 2.48. The third-order valence-electron chi connectivity index (χ3n) is 3.89. The third kappa shape index (κ3) is 0.899. The number of hydrogen-bond donors (Lipinski definition) is 2. The lowest BCUT2D eigenvalue weighted by Gasteiger charge is -2.43. The number of hydrogen-bond acceptors (Lipinski definition) is 3. The predicted octanol–water partition coefficient (Wildman–Crippen LogP) is -0.553. The van der Waals surface area contributed by atoms with E-state index >= 15 is 0 Å². The van der Waals surface area contributed by atoms with Crippen molar-refractivity contribution in [2.75, 3.05) is 0 Å². The molecule has 4 fully saturated rings. The standard InChI is InChI=1S/C8H13NO3S/c10-8-4-1-2-5-6(3-4)13(11,12)9-7(5)8/h4-10H,1-3H2. The number of nitrogens with one attached hydrogen (secondary N) is 1. The summed E-state index contributed by atoms with van der Waals surface area (Å²) in [6, 6.07) is -0.178. The number of sulfonamides is 1. The van der Waals surface area contributed by atoms with Gasteiger partial charge < -0.3 is 5.11 Å². The van der Waals surface area contributed by atoms with Crippen molar-refractivity contribution in [3.05, 3.63) is 0 Å². The topological polar surface area (TPSA) is 66.4 Å². The zero-order valence-electron chi connectivity index (χ0n) is 7.18. The zero-order chi connectivity index (χ0) is 9.22. The molecule has 5 heteroatoms. The number of fused-ring (bicyclic) bond motifs is 1. The lowest BCUT2D eigenvalue weighted by molar-refractivity contribution is -0.0108. The molecule has 4 nitrogen and oxygen atoms in total. The Kier molecular flexibility index (Phi) is 1.43. The Bertz CT molecular complexity index is 339. The monoisotopic (exact) mass is 203 g/mol. The van der Waals surface area contributed by atoms with Crippen LogP contribution in [0.4, 0.5) is 0 Å². The Labute approximate surface area is 77.4 Å². The van der Waals surface area contributed by atoms with Crippen LogP contribution in [0.5, 0.6) is 0 Å². The molecule has 4 rings (SSSR count). The molecule has 1 aliphatic heterocycles. The van der Waals surface area contributed by atoms with E-state index in [1.54, 1.807) is 0 Å². The zero-order valence-corrected chi connectivity index (χ0v) is 8.00. The van der Waals surface area contributed by atoms with Gasteiger partial charge in [-0.25, -0.2) is 13.1 Å². The van der Waals surface area contributed by atoms with Gasteiger partial charge in [-0.2, -0.15) is 0 Å². The molecule has 74 valence electrons. The summed E-state index contributed by atoms with van der Waals surface area (Å²) in [6.07, 6.45) is 2.18. The average molecular weight is 203 g/mol. The van der Waals surface area contributed by atoms with Gasteiger partial charge in [-0.3, -0.25) is 0 Å². The van der Waals surface area contributed by atoms with E-state index in [9.17, 15) is 13.5 Å². The predicted molar refractivity (Wildman–Crippen MR) is 46.5 cm³/mol. The minimum absolute atomic E-state index is 0.171. The Morgan fingerprint density at radius 1 is 1.31 bits per heavy atom. The van der Waals surface area contributed by atoms with Crippen LogP contribution < -0.4 is 4.72 Å². The Hall–Kier alpha value is -0.130. The van der Waals surface area contributed by atoms with Gasteiger partial charge in [0.15, 0.2) is 0 Å². The molecule has 3 saturated carbocycles. The Balaban J connectivity index is 2.08. The maximum atomic E-state index is 11.6. The van der Waals surface area contributed by atoms with Gasteiger partial charge in [-0.1, -0.05) is 0 Å². The number of rotatable bonds is 0. The molecule has 5 unspecified atom stereocenters. The van der Waals surface area contributed by atoms with Crippen molar-refractivity contribution in [2.24, 2.45) is 11.8 Å². The molecule has 0 radical (unpaired) electrons. The molecule has 13 heavy (non-hydrogen) atoms. The van der Waals surface area contributed by atoms with Crippen LogP contribution in [0.1, 0.15) is 19.3 Å². The third-order valence-corrected chi connectivity index (χ3v) is 5.83. The van der Waals surface area contributed by atoms with Gasteiger partial charge in [0.25, 0.3) is 0 Å². The second-order valence-corrected chi connectivity index (χ2v) is 6.39. The average Bonchev–Trinajstić information content (AvgIpc) is 2.32. The molecule has 2 N–H and O–H groups in total. The molecule has 3 aliphatic carbocycles. The SMILES string of the molecule is O=S1(=O)NC2C(O)C3CCC2C1C3. The van der Waals surface area contributed by atoms with Crippen LogP contribution in [0.15, 0.2) is 0 Å². The highest BCUT2D eigenvalue weighted by atomic mass is 32.2. The molecule has 0 aromatic rings. The van der Waals surface area contributed by atoms with Crippen molar-refractivity contribution in [1.82, 2.24) is 4.72 Å². The van der Waals surface area contributed by atoms with Gasteiger partial charge in [-0.05, 0) is 31.1 Å². The first kappa shape index (κ1) is 8.20. The van der Waals surface area contributed by atoms with Gasteiger partial charge in [0.1, 0.15) is 0 Å². The molecule has 4 aliphatic rings. The van der Waals surface area contributed by atoms with Crippen molar-refractivity contribution >= 4 is 10.0 Å². The first-order valence-electron chi connectivity index (χ1n) is 4.79. The van der Waals surface area contributed by atoms with Gasteiger partial charge in [0.05, 0.1) is 17.4 Å². The van der Waals surface area contributed by atoms with Crippen LogP contribution in [0.2, 0.25) is 0 Å². The van der Waals surface area contributed by atoms with Crippen LogP contribution in [-0.4, -0.2) is 30.9 Å². The van der Waals surface area contributed by atoms with Crippen LogP contribution in [-0.2, 0) is 10.0 Å². The smallest absolute Gasteiger partial charge is 0.215 e. The van der Waals surface area contributed by atoms with Crippen molar-refractivity contribution in [2.45, 2.75) is 36.7 Å². The van der Waals surface area contributed by atoms with Gasteiger partial charge >= 0.3 is 0 Å². The lowest BCUT2D eigenvalue weighted by atomic mass is 9.66. The van der Waals surface area contributed by atoms with Crippen LogP contribution in [0.25, 0.3) is 0 Å². The molecule has 0 aromatic carbocycles. The number of aliphatic hydroxyl groups is 1. The Morgan fingerprint density at radius 3 is 2.77 bits per heavy atom. The van der Waals surface area contributed by atoms with Crippen molar-refractivity contribution in [1.29, 1.82) is 0 Å². The first-order valence-corrected chi connectivity index (χ1v) is 6.33. The molecule has 4 bridgehead atoms. The fourth-order valence-electron chi connectivity index (χ4n) is 3.24. The molecule has 5 atom stereocenters. The normalized spacial score (nSPS) is 56.8. The number of aliphatic hydroxyl groups excluding tert-OH is 1. The molecule has 1 heterocycles. The highest BCUT2D eigenvalue weighted by molar-refractivity contribution is 7.90. The summed E-state index contributed by atoms with van der Waals surface area (Å²) < 4.78 is 25.7. The van der Waals surface area contributed by atoms with Crippen molar-refractivity contribution in [3.63, 3.8) is 0 Å². The minimum atomic E-state index is -3.10. The van der Waals surface area contributed by atoms with E-state index in [-0.39, 0.29) is 23.1 Å². The summed E-state index contributed by atoms with van der Waals surface area (Å²) in [5, 5.41) is 9.58. The fraction of sp³-hybridized carbons (Fsp3) is 1.00.